The van der Waals surface area contributed by atoms with E-state index in [4.69, 9.17) is 4.74 Å². The molecule has 1 unspecified atom stereocenters. The predicted molar refractivity (Wildman–Crippen MR) is 78.2 cm³/mol. The lowest BCUT2D eigenvalue weighted by Gasteiger charge is -2.15. The van der Waals surface area contributed by atoms with Crippen molar-refractivity contribution in [2.45, 2.75) is 40.7 Å². The highest BCUT2D eigenvalue weighted by molar-refractivity contribution is 5.72. The first-order valence-corrected chi connectivity index (χ1v) is 6.85. The molecule has 0 aliphatic heterocycles. The summed E-state index contributed by atoms with van der Waals surface area (Å²) in [5.41, 5.74) is 5.29. The van der Waals surface area contributed by atoms with Crippen LogP contribution in [0.1, 0.15) is 35.6 Å². The van der Waals surface area contributed by atoms with E-state index in [0.29, 0.717) is 6.54 Å². The van der Waals surface area contributed by atoms with Crippen molar-refractivity contribution in [3.63, 3.8) is 0 Å². The third-order valence-electron chi connectivity index (χ3n) is 3.90. The zero-order valence-electron chi connectivity index (χ0n) is 12.7. The molecule has 1 atom stereocenters. The van der Waals surface area contributed by atoms with Crippen molar-refractivity contribution in [3.05, 3.63) is 34.4 Å². The number of methoxy groups -OCH3 is 1. The van der Waals surface area contributed by atoms with Crippen LogP contribution < -0.4 is 5.32 Å². The Morgan fingerprint density at radius 1 is 1.26 bits per heavy atom. The van der Waals surface area contributed by atoms with Crippen molar-refractivity contribution < 1.29 is 9.53 Å². The van der Waals surface area contributed by atoms with Gasteiger partial charge >= 0.3 is 5.97 Å². The minimum Gasteiger partial charge on any atom is -0.469 e. The Morgan fingerprint density at radius 2 is 1.95 bits per heavy atom. The fourth-order valence-corrected chi connectivity index (χ4v) is 2.15. The zero-order chi connectivity index (χ0) is 14.4. The van der Waals surface area contributed by atoms with Crippen molar-refractivity contribution in [1.82, 2.24) is 5.32 Å². The second kappa shape index (κ2) is 7.29. The fourth-order valence-electron chi connectivity index (χ4n) is 2.15. The Labute approximate surface area is 116 Å². The van der Waals surface area contributed by atoms with Crippen LogP contribution in [0.2, 0.25) is 0 Å². The SMILES string of the molecule is CCC(CNCc1ccc(C)c(C)c1C)C(=O)OC. The number of aryl methyl sites for hydroxylation is 1. The number of nitrogens with one attached hydrogen (secondary N) is 1. The van der Waals surface area contributed by atoms with Gasteiger partial charge in [-0.25, -0.2) is 0 Å². The van der Waals surface area contributed by atoms with Crippen LogP contribution >= 0.6 is 0 Å². The van der Waals surface area contributed by atoms with Crippen LogP contribution in [-0.4, -0.2) is 19.6 Å². The summed E-state index contributed by atoms with van der Waals surface area (Å²) in [4.78, 5) is 11.5. The van der Waals surface area contributed by atoms with Crippen molar-refractivity contribution in [2.24, 2.45) is 5.92 Å². The maximum absolute atomic E-state index is 11.5. The van der Waals surface area contributed by atoms with Crippen molar-refractivity contribution >= 4 is 5.97 Å². The molecule has 0 aliphatic carbocycles. The molecule has 0 radical (unpaired) electrons. The fraction of sp³-hybridized carbons (Fsp3) is 0.562. The summed E-state index contributed by atoms with van der Waals surface area (Å²) in [6.07, 6.45) is 0.797. The average molecular weight is 263 g/mol. The zero-order valence-corrected chi connectivity index (χ0v) is 12.7. The maximum Gasteiger partial charge on any atom is 0.309 e. The molecule has 1 aromatic carbocycles. The molecule has 3 nitrogen and oxygen atoms in total. The molecule has 0 amide bonds. The largest absolute Gasteiger partial charge is 0.469 e. The van der Waals surface area contributed by atoms with E-state index in [1.165, 1.54) is 29.4 Å². The minimum absolute atomic E-state index is 0.0585. The molecular weight excluding hydrogens is 238 g/mol. The highest BCUT2D eigenvalue weighted by Gasteiger charge is 2.16. The number of hydrogen-bond donors (Lipinski definition) is 1. The highest BCUT2D eigenvalue weighted by Crippen LogP contribution is 2.17. The summed E-state index contributed by atoms with van der Waals surface area (Å²) in [7, 11) is 1.44. The number of benzene rings is 1. The molecule has 0 spiro atoms. The van der Waals surface area contributed by atoms with Gasteiger partial charge in [-0.05, 0) is 49.4 Å². The van der Waals surface area contributed by atoms with Crippen LogP contribution in [0, 0.1) is 26.7 Å². The smallest absolute Gasteiger partial charge is 0.309 e. The Kier molecular flexibility index (Phi) is 6.03. The summed E-state index contributed by atoms with van der Waals surface area (Å²) in [6, 6.07) is 4.31. The minimum atomic E-state index is -0.133. The molecular formula is C16H25NO2. The first kappa shape index (κ1) is 15.7. The van der Waals surface area contributed by atoms with Gasteiger partial charge in [-0.2, -0.15) is 0 Å². The molecule has 0 saturated carbocycles. The van der Waals surface area contributed by atoms with E-state index in [-0.39, 0.29) is 11.9 Å². The monoisotopic (exact) mass is 263 g/mol. The molecule has 3 heteroatoms. The molecule has 1 N–H and O–H groups in total. The number of ether oxygens (including phenoxy) is 1. The molecule has 1 rings (SSSR count). The first-order chi connectivity index (χ1) is 9.01. The Balaban J connectivity index is 2.58. The summed E-state index contributed by atoms with van der Waals surface area (Å²) < 4.78 is 4.79. The summed E-state index contributed by atoms with van der Waals surface area (Å²) in [5, 5.41) is 3.35. The number of carbonyl (C=O) groups excluding carboxylic acids is 1. The second-order valence-corrected chi connectivity index (χ2v) is 5.05. The van der Waals surface area contributed by atoms with Crippen LogP contribution in [-0.2, 0) is 16.1 Å². The molecule has 0 heterocycles. The quantitative estimate of drug-likeness (QED) is 0.802. The summed E-state index contributed by atoms with van der Waals surface area (Å²) in [5.74, 6) is -0.191. The van der Waals surface area contributed by atoms with Gasteiger partial charge in [0.25, 0.3) is 0 Å². The molecule has 19 heavy (non-hydrogen) atoms. The van der Waals surface area contributed by atoms with Gasteiger partial charge in [0.1, 0.15) is 0 Å². The van der Waals surface area contributed by atoms with Crippen LogP contribution in [0.25, 0.3) is 0 Å². The van der Waals surface area contributed by atoms with Gasteiger partial charge < -0.3 is 10.1 Å². The second-order valence-electron chi connectivity index (χ2n) is 5.05. The number of rotatable bonds is 6. The average Bonchev–Trinajstić information content (AvgIpc) is 2.42. The lowest BCUT2D eigenvalue weighted by atomic mass is 9.98. The normalized spacial score (nSPS) is 12.3. The lowest BCUT2D eigenvalue weighted by molar-refractivity contribution is -0.145. The predicted octanol–water partition coefficient (Wildman–Crippen LogP) is 2.90. The van der Waals surface area contributed by atoms with Gasteiger partial charge in [-0.1, -0.05) is 19.1 Å². The van der Waals surface area contributed by atoms with Gasteiger partial charge in [0.2, 0.25) is 0 Å². The molecule has 0 aromatic heterocycles. The van der Waals surface area contributed by atoms with Crippen LogP contribution in [0.3, 0.4) is 0 Å². The van der Waals surface area contributed by atoms with E-state index in [1.54, 1.807) is 0 Å². The van der Waals surface area contributed by atoms with Gasteiger partial charge in [0, 0.05) is 13.1 Å². The van der Waals surface area contributed by atoms with Crippen molar-refractivity contribution in [2.75, 3.05) is 13.7 Å². The highest BCUT2D eigenvalue weighted by atomic mass is 16.5. The Morgan fingerprint density at radius 3 is 2.53 bits per heavy atom. The van der Waals surface area contributed by atoms with Crippen LogP contribution in [0.5, 0.6) is 0 Å². The summed E-state index contributed by atoms with van der Waals surface area (Å²) >= 11 is 0. The van der Waals surface area contributed by atoms with E-state index < -0.39 is 0 Å². The molecule has 106 valence electrons. The van der Waals surface area contributed by atoms with Gasteiger partial charge in [0.15, 0.2) is 0 Å². The van der Waals surface area contributed by atoms with Crippen molar-refractivity contribution in [3.8, 4) is 0 Å². The van der Waals surface area contributed by atoms with Crippen LogP contribution in [0.15, 0.2) is 12.1 Å². The molecule has 1 aromatic rings. The Bertz CT molecular complexity index is 441. The first-order valence-electron chi connectivity index (χ1n) is 6.85. The van der Waals surface area contributed by atoms with E-state index in [9.17, 15) is 4.79 Å². The lowest BCUT2D eigenvalue weighted by Crippen LogP contribution is -2.29. The van der Waals surface area contributed by atoms with E-state index in [2.05, 4.69) is 38.2 Å². The third-order valence-corrected chi connectivity index (χ3v) is 3.90. The molecule has 0 bridgehead atoms. The van der Waals surface area contributed by atoms with Crippen LogP contribution in [0.4, 0.5) is 0 Å². The molecule has 0 saturated heterocycles. The van der Waals surface area contributed by atoms with E-state index in [1.807, 2.05) is 6.92 Å². The topological polar surface area (TPSA) is 38.3 Å². The van der Waals surface area contributed by atoms with Gasteiger partial charge in [-0.15, -0.1) is 0 Å². The Hall–Kier alpha value is -1.35. The van der Waals surface area contributed by atoms with E-state index in [0.717, 1.165) is 13.0 Å². The molecule has 0 aliphatic rings. The third kappa shape index (κ3) is 4.06. The number of carbonyl (C=O) groups is 1. The number of esters is 1. The molecule has 0 fully saturated rings. The standard InChI is InChI=1S/C16H25NO2/c1-6-14(16(18)19-5)9-17-10-15-8-7-11(2)12(3)13(15)4/h7-8,14,17H,6,9-10H2,1-5H3. The van der Waals surface area contributed by atoms with E-state index >= 15 is 0 Å². The summed E-state index contributed by atoms with van der Waals surface area (Å²) in [6.45, 7) is 9.89. The van der Waals surface area contributed by atoms with Gasteiger partial charge in [-0.3, -0.25) is 4.79 Å². The van der Waals surface area contributed by atoms with Crippen molar-refractivity contribution in [1.29, 1.82) is 0 Å². The van der Waals surface area contributed by atoms with Gasteiger partial charge in [0.05, 0.1) is 13.0 Å². The number of hydrogen-bond acceptors (Lipinski definition) is 3. The maximum atomic E-state index is 11.5.